The molecule has 0 fully saturated rings. The van der Waals surface area contributed by atoms with E-state index < -0.39 is 10.1 Å². The van der Waals surface area contributed by atoms with Gasteiger partial charge in [-0.15, -0.1) is 0 Å². The number of hydrogen-bond donors (Lipinski definition) is 0. The minimum Gasteiger partial charge on any atom is -0.326 e. The fourth-order valence-corrected chi connectivity index (χ4v) is 4.62. The van der Waals surface area contributed by atoms with Crippen LogP contribution >= 0.6 is 0 Å². The van der Waals surface area contributed by atoms with Gasteiger partial charge in [0.25, 0.3) is 10.1 Å². The summed E-state index contributed by atoms with van der Waals surface area (Å²) in [6, 6.07) is 13.5. The van der Waals surface area contributed by atoms with Gasteiger partial charge in [0.15, 0.2) is 0 Å². The maximum Gasteiger partial charge on any atom is 0.329 e. The predicted molar refractivity (Wildman–Crippen MR) is 135 cm³/mol. The summed E-state index contributed by atoms with van der Waals surface area (Å²) in [7, 11) is -3.53. The number of imidazole rings is 2. The maximum atomic E-state index is 13.4. The van der Waals surface area contributed by atoms with Crippen molar-refractivity contribution in [3.8, 4) is 0 Å². The van der Waals surface area contributed by atoms with Crippen molar-refractivity contribution in [1.29, 1.82) is 0 Å². The Bertz CT molecular complexity index is 1490. The normalized spacial score (nSPS) is 12.6. The van der Waals surface area contributed by atoms with Gasteiger partial charge in [-0.2, -0.15) is 8.42 Å². The lowest BCUT2D eigenvalue weighted by Gasteiger charge is -2.12. The molecule has 0 aliphatic heterocycles. The van der Waals surface area contributed by atoms with Crippen LogP contribution in [0, 0.1) is 5.92 Å². The van der Waals surface area contributed by atoms with E-state index in [4.69, 9.17) is 9.17 Å². The highest BCUT2D eigenvalue weighted by atomic mass is 32.2. The lowest BCUT2D eigenvalue weighted by Crippen LogP contribution is -2.27. The Kier molecular flexibility index (Phi) is 6.69. The molecule has 9 heteroatoms. The van der Waals surface area contributed by atoms with E-state index in [-0.39, 0.29) is 18.3 Å². The van der Waals surface area contributed by atoms with E-state index in [2.05, 4.69) is 18.4 Å². The van der Waals surface area contributed by atoms with Crippen LogP contribution in [0.1, 0.15) is 51.5 Å². The molecule has 0 amide bonds. The molecule has 0 aliphatic rings. The first-order valence-electron chi connectivity index (χ1n) is 11.6. The second kappa shape index (κ2) is 9.38. The minimum absolute atomic E-state index is 0.0374. The number of nitrogens with zero attached hydrogens (tertiary/aromatic N) is 4. The fraction of sp³-hybridized carbons (Fsp3) is 0.440. The quantitative estimate of drug-likeness (QED) is 0.331. The van der Waals surface area contributed by atoms with Crippen LogP contribution in [-0.4, -0.2) is 33.4 Å². The second-order valence-electron chi connectivity index (χ2n) is 9.47. The third-order valence-corrected chi connectivity index (χ3v) is 6.49. The zero-order valence-corrected chi connectivity index (χ0v) is 21.2. The van der Waals surface area contributed by atoms with Gasteiger partial charge in [-0.3, -0.25) is 13.3 Å². The summed E-state index contributed by atoms with van der Waals surface area (Å²) < 4.78 is 33.5. The Hall–Kier alpha value is -2.91. The molecule has 0 saturated carbocycles. The fourth-order valence-electron chi connectivity index (χ4n) is 4.27. The van der Waals surface area contributed by atoms with Crippen LogP contribution in [0.15, 0.2) is 47.3 Å². The van der Waals surface area contributed by atoms with E-state index in [0.29, 0.717) is 12.5 Å². The van der Waals surface area contributed by atoms with Gasteiger partial charge in [0.05, 0.1) is 41.5 Å². The summed E-state index contributed by atoms with van der Waals surface area (Å²) in [5, 5.41) is 0. The van der Waals surface area contributed by atoms with E-state index in [1.54, 1.807) is 4.57 Å². The van der Waals surface area contributed by atoms with Crippen molar-refractivity contribution in [1.82, 2.24) is 18.7 Å². The molecule has 4 rings (SSSR count). The average molecular weight is 485 g/mol. The highest BCUT2D eigenvalue weighted by Gasteiger charge is 2.19. The van der Waals surface area contributed by atoms with E-state index in [0.717, 1.165) is 52.7 Å². The third-order valence-electron chi connectivity index (χ3n) is 5.95. The molecule has 0 saturated heterocycles. The van der Waals surface area contributed by atoms with E-state index >= 15 is 0 Å². The number of benzene rings is 2. The van der Waals surface area contributed by atoms with Crippen LogP contribution in [0.4, 0.5) is 0 Å². The smallest absolute Gasteiger partial charge is 0.326 e. The van der Waals surface area contributed by atoms with E-state index in [1.807, 2.05) is 60.9 Å². The number of hydrogen-bond acceptors (Lipinski definition) is 5. The molecule has 8 nitrogen and oxygen atoms in total. The van der Waals surface area contributed by atoms with Gasteiger partial charge < -0.3 is 4.57 Å². The molecule has 34 heavy (non-hydrogen) atoms. The first-order valence-corrected chi connectivity index (χ1v) is 13.4. The van der Waals surface area contributed by atoms with Crippen molar-refractivity contribution in [3.63, 3.8) is 0 Å². The van der Waals surface area contributed by atoms with Crippen molar-refractivity contribution in [2.75, 3.05) is 6.26 Å². The average Bonchev–Trinajstić information content (AvgIpc) is 3.24. The molecule has 0 unspecified atom stereocenters. The first-order chi connectivity index (χ1) is 16.0. The molecule has 0 N–H and O–H groups in total. The van der Waals surface area contributed by atoms with Gasteiger partial charge in [0.1, 0.15) is 5.82 Å². The van der Waals surface area contributed by atoms with Gasteiger partial charge in [0.2, 0.25) is 0 Å². The second-order valence-corrected chi connectivity index (χ2v) is 11.1. The largest absolute Gasteiger partial charge is 0.329 e. The van der Waals surface area contributed by atoms with Gasteiger partial charge in [-0.1, -0.05) is 32.0 Å². The topological polar surface area (TPSA) is 88.1 Å². The van der Waals surface area contributed by atoms with Gasteiger partial charge in [0, 0.05) is 12.6 Å². The maximum absolute atomic E-state index is 13.4. The number of para-hydroxylation sites is 2. The van der Waals surface area contributed by atoms with Crippen LogP contribution in [0.2, 0.25) is 0 Å². The number of rotatable bonds is 9. The molecule has 4 aromatic rings. The van der Waals surface area contributed by atoms with Crippen molar-refractivity contribution in [2.24, 2.45) is 5.92 Å². The van der Waals surface area contributed by atoms with Crippen molar-refractivity contribution >= 4 is 32.2 Å². The van der Waals surface area contributed by atoms with Crippen LogP contribution < -0.4 is 5.69 Å². The minimum atomic E-state index is -3.53. The SMILES string of the molecule is CC(C)CCn1c(Cn2c(=O)n(C(C)C)c3ccccc32)nc2cc(COS(C)(=O)=O)ccc21. The van der Waals surface area contributed by atoms with Crippen molar-refractivity contribution in [2.45, 2.75) is 59.9 Å². The van der Waals surface area contributed by atoms with Gasteiger partial charge in [-0.05, 0) is 56.0 Å². The lowest BCUT2D eigenvalue weighted by molar-refractivity contribution is 0.312. The van der Waals surface area contributed by atoms with E-state index in [1.165, 1.54) is 0 Å². The molecular formula is C25H32N4O4S. The Labute approximate surface area is 199 Å². The Morgan fingerprint density at radius 2 is 1.68 bits per heavy atom. The molecule has 0 bridgehead atoms. The molecule has 2 heterocycles. The summed E-state index contributed by atoms with van der Waals surface area (Å²) in [4.78, 5) is 18.3. The summed E-state index contributed by atoms with van der Waals surface area (Å²) in [6.07, 6.45) is 2.01. The number of aryl methyl sites for hydroxylation is 1. The Balaban J connectivity index is 1.80. The summed E-state index contributed by atoms with van der Waals surface area (Å²) in [6.45, 7) is 9.47. The lowest BCUT2D eigenvalue weighted by atomic mass is 10.1. The molecule has 2 aromatic heterocycles. The third kappa shape index (κ3) is 4.95. The molecule has 0 atom stereocenters. The number of aromatic nitrogens is 4. The zero-order chi connectivity index (χ0) is 24.6. The zero-order valence-electron chi connectivity index (χ0n) is 20.4. The highest BCUT2D eigenvalue weighted by Crippen LogP contribution is 2.23. The molecule has 2 aromatic carbocycles. The Morgan fingerprint density at radius 1 is 0.971 bits per heavy atom. The summed E-state index contributed by atoms with van der Waals surface area (Å²) in [5.41, 5.74) is 4.18. The standard InChI is InChI=1S/C25H32N4O4S/c1-17(2)12-13-27-21-11-10-19(16-33-34(5,31)32)14-20(21)26-24(27)15-28-22-8-6-7-9-23(22)29(18(3)4)25(28)30/h6-11,14,17-18H,12-13,15-16H2,1-5H3. The molecule has 0 spiro atoms. The predicted octanol–water partition coefficient (Wildman–Crippen LogP) is 4.30. The molecular weight excluding hydrogens is 452 g/mol. The van der Waals surface area contributed by atoms with Crippen molar-refractivity contribution < 1.29 is 12.6 Å². The summed E-state index contributed by atoms with van der Waals surface area (Å²) >= 11 is 0. The van der Waals surface area contributed by atoms with E-state index in [9.17, 15) is 13.2 Å². The Morgan fingerprint density at radius 3 is 2.32 bits per heavy atom. The van der Waals surface area contributed by atoms with Gasteiger partial charge in [-0.25, -0.2) is 9.78 Å². The monoisotopic (exact) mass is 484 g/mol. The summed E-state index contributed by atoms with van der Waals surface area (Å²) in [5.74, 6) is 1.31. The first kappa shape index (κ1) is 24.2. The van der Waals surface area contributed by atoms with Gasteiger partial charge >= 0.3 is 5.69 Å². The highest BCUT2D eigenvalue weighted by molar-refractivity contribution is 7.85. The van der Waals surface area contributed by atoms with Crippen molar-refractivity contribution in [3.05, 3.63) is 64.3 Å². The molecule has 0 radical (unpaired) electrons. The van der Waals surface area contributed by atoms with Crippen LogP contribution in [-0.2, 0) is 34.0 Å². The number of fused-ring (bicyclic) bond motifs is 2. The molecule has 182 valence electrons. The molecule has 0 aliphatic carbocycles. The van der Waals surface area contributed by atoms with Crippen LogP contribution in [0.25, 0.3) is 22.1 Å². The van der Waals surface area contributed by atoms with Crippen LogP contribution in [0.3, 0.4) is 0 Å². The van der Waals surface area contributed by atoms with Crippen LogP contribution in [0.5, 0.6) is 0 Å².